The van der Waals surface area contributed by atoms with Gasteiger partial charge >= 0.3 is 0 Å². The number of fused-ring (bicyclic) bond motifs is 2. The molecular weight excluding hydrogens is 366 g/mol. The molecule has 2 aromatic rings. The molecule has 0 radical (unpaired) electrons. The van der Waals surface area contributed by atoms with E-state index >= 15 is 0 Å². The Labute approximate surface area is 183 Å². The molecule has 2 bridgehead atoms. The number of aromatic nitrogens is 1. The van der Waals surface area contributed by atoms with Crippen LogP contribution in [0.2, 0.25) is 0 Å². The molecule has 1 saturated carbocycles. The third-order valence-electron chi connectivity index (χ3n) is 8.20. The van der Waals surface area contributed by atoms with Crippen molar-refractivity contribution < 1.29 is 4.74 Å². The van der Waals surface area contributed by atoms with E-state index in [-0.39, 0.29) is 5.41 Å². The summed E-state index contributed by atoms with van der Waals surface area (Å²) in [5, 5.41) is 0. The van der Waals surface area contributed by atoms with E-state index in [1.807, 2.05) is 0 Å². The lowest BCUT2D eigenvalue weighted by molar-refractivity contribution is 0.121. The Morgan fingerprint density at radius 2 is 1.87 bits per heavy atom. The molecule has 5 rings (SSSR count). The fraction of sp³-hybridized carbons (Fsp3) is 0.607. The van der Waals surface area contributed by atoms with Crippen LogP contribution in [-0.4, -0.2) is 18.7 Å². The third-order valence-corrected chi connectivity index (χ3v) is 8.20. The number of ether oxygens (including phenoxy) is 1. The molecule has 0 saturated heterocycles. The van der Waals surface area contributed by atoms with Gasteiger partial charge in [0.25, 0.3) is 0 Å². The average molecular weight is 406 g/mol. The van der Waals surface area contributed by atoms with Gasteiger partial charge in [0, 0.05) is 23.8 Å². The second-order valence-corrected chi connectivity index (χ2v) is 9.69. The molecule has 2 nitrogen and oxygen atoms in total. The highest BCUT2D eigenvalue weighted by Gasteiger charge is 2.39. The van der Waals surface area contributed by atoms with Gasteiger partial charge in [0.2, 0.25) is 0 Å². The Kier molecular flexibility index (Phi) is 6.63. The van der Waals surface area contributed by atoms with E-state index in [1.54, 1.807) is 18.2 Å². The van der Waals surface area contributed by atoms with Gasteiger partial charge in [-0.2, -0.15) is 0 Å². The topological polar surface area (TPSA) is 22.1 Å². The molecule has 3 aliphatic rings. The summed E-state index contributed by atoms with van der Waals surface area (Å²) in [5.74, 6) is 2.46. The fourth-order valence-electron chi connectivity index (χ4n) is 6.22. The Hall–Kier alpha value is -1.67. The lowest BCUT2D eigenvalue weighted by Gasteiger charge is -2.44. The summed E-state index contributed by atoms with van der Waals surface area (Å²) in [6, 6.07) is 13.8. The van der Waals surface area contributed by atoms with Crippen molar-refractivity contribution in [2.45, 2.75) is 89.4 Å². The lowest BCUT2D eigenvalue weighted by atomic mass is 9.60. The van der Waals surface area contributed by atoms with E-state index in [2.05, 4.69) is 57.2 Å². The van der Waals surface area contributed by atoms with Gasteiger partial charge in [-0.15, -0.1) is 0 Å². The minimum Gasteiger partial charge on any atom is -0.384 e. The van der Waals surface area contributed by atoms with E-state index in [0.717, 1.165) is 42.9 Å². The predicted octanol–water partition coefficient (Wildman–Crippen LogP) is 7.62. The molecule has 1 fully saturated rings. The normalized spacial score (nSPS) is 22.9. The number of methoxy groups -OCH3 is 1. The van der Waals surface area contributed by atoms with Crippen LogP contribution in [0.3, 0.4) is 0 Å². The van der Waals surface area contributed by atoms with E-state index in [0.29, 0.717) is 0 Å². The first kappa shape index (κ1) is 21.6. The summed E-state index contributed by atoms with van der Waals surface area (Å²) in [6.45, 7) is 7.55. The van der Waals surface area contributed by atoms with Gasteiger partial charge in [-0.1, -0.05) is 51.8 Å². The number of rotatable bonds is 9. The van der Waals surface area contributed by atoms with Crippen LogP contribution >= 0.6 is 0 Å². The number of unbranched alkanes of at least 4 members (excludes halogenated alkanes) is 1. The van der Waals surface area contributed by atoms with Crippen LogP contribution in [-0.2, 0) is 10.2 Å². The number of benzene rings is 1. The lowest BCUT2D eigenvalue weighted by Crippen LogP contribution is -2.31. The van der Waals surface area contributed by atoms with E-state index in [9.17, 15) is 0 Å². The molecule has 1 aromatic carbocycles. The Balaban J connectivity index is 1.65. The molecule has 3 aliphatic carbocycles. The molecule has 0 aliphatic heterocycles. The molecule has 1 heterocycles. The summed E-state index contributed by atoms with van der Waals surface area (Å²) in [6.07, 6.45) is 10.4. The van der Waals surface area contributed by atoms with Gasteiger partial charge in [0.1, 0.15) is 0 Å². The van der Waals surface area contributed by atoms with Gasteiger partial charge in [0.05, 0.1) is 12.3 Å². The van der Waals surface area contributed by atoms with E-state index in [1.165, 1.54) is 49.8 Å². The second kappa shape index (κ2) is 9.22. The zero-order valence-corrected chi connectivity index (χ0v) is 19.4. The summed E-state index contributed by atoms with van der Waals surface area (Å²) in [7, 11) is 1.80. The minimum absolute atomic E-state index is 0.00450. The van der Waals surface area contributed by atoms with E-state index in [4.69, 9.17) is 9.72 Å². The third kappa shape index (κ3) is 3.84. The maximum Gasteiger partial charge on any atom is 0.0705 e. The summed E-state index contributed by atoms with van der Waals surface area (Å²) < 4.78 is 5.59. The summed E-state index contributed by atoms with van der Waals surface area (Å²) >= 11 is 0. The van der Waals surface area contributed by atoms with Crippen molar-refractivity contribution in [3.8, 4) is 11.3 Å². The predicted molar refractivity (Wildman–Crippen MR) is 126 cm³/mol. The molecule has 3 atom stereocenters. The van der Waals surface area contributed by atoms with Crippen LogP contribution in [0.4, 0.5) is 0 Å². The van der Waals surface area contributed by atoms with Gasteiger partial charge < -0.3 is 4.74 Å². The number of nitrogens with zero attached hydrogens (tertiary/aromatic N) is 1. The smallest absolute Gasteiger partial charge is 0.0705 e. The average Bonchev–Trinajstić information content (AvgIpc) is 2.81. The first-order valence-corrected chi connectivity index (χ1v) is 12.3. The highest BCUT2D eigenvalue weighted by molar-refractivity contribution is 5.63. The van der Waals surface area contributed by atoms with Crippen molar-refractivity contribution >= 4 is 0 Å². The first-order valence-electron chi connectivity index (χ1n) is 12.3. The molecule has 0 amide bonds. The van der Waals surface area contributed by atoms with Crippen LogP contribution in [0, 0.1) is 5.92 Å². The summed E-state index contributed by atoms with van der Waals surface area (Å²) in [4.78, 5) is 5.16. The zero-order chi connectivity index (χ0) is 21.1. The fourth-order valence-corrected chi connectivity index (χ4v) is 6.22. The SMILES string of the molecule is CCCCC1CC2CCC1c1ccc(-c3cccc(C(CC)(CC)COC)n3)cc12. The summed E-state index contributed by atoms with van der Waals surface area (Å²) in [5.41, 5.74) is 6.84. The van der Waals surface area contributed by atoms with Crippen molar-refractivity contribution in [2.24, 2.45) is 5.92 Å². The molecule has 3 unspecified atom stereocenters. The van der Waals surface area contributed by atoms with Crippen molar-refractivity contribution in [3.63, 3.8) is 0 Å². The Morgan fingerprint density at radius 1 is 1.03 bits per heavy atom. The maximum atomic E-state index is 5.59. The molecule has 1 aromatic heterocycles. The van der Waals surface area contributed by atoms with Crippen molar-refractivity contribution in [1.29, 1.82) is 0 Å². The quantitative estimate of drug-likeness (QED) is 0.428. The Bertz CT molecular complexity index is 853. The van der Waals surface area contributed by atoms with Crippen LogP contribution in [0.1, 0.15) is 101 Å². The second-order valence-electron chi connectivity index (χ2n) is 9.69. The standard InChI is InChI=1S/C28H39NO/c1-5-8-10-20-17-21-13-15-23(20)24-16-14-22(18-25(21)24)26-11-9-12-27(29-26)28(6-2,7-3)19-30-4/h9,11-12,14,16,18,20-21,23H,5-8,10,13,15,17,19H2,1-4H3. The first-order chi connectivity index (χ1) is 14.7. The molecule has 0 spiro atoms. The molecule has 162 valence electrons. The number of pyridine rings is 1. The van der Waals surface area contributed by atoms with Crippen molar-refractivity contribution in [3.05, 3.63) is 53.2 Å². The minimum atomic E-state index is 0.00450. The van der Waals surface area contributed by atoms with E-state index < -0.39 is 0 Å². The zero-order valence-electron chi connectivity index (χ0n) is 19.4. The highest BCUT2D eigenvalue weighted by Crippen LogP contribution is 2.54. The molecule has 30 heavy (non-hydrogen) atoms. The molecule has 0 N–H and O–H groups in total. The monoisotopic (exact) mass is 405 g/mol. The Morgan fingerprint density at radius 3 is 2.60 bits per heavy atom. The van der Waals surface area contributed by atoms with Crippen LogP contribution in [0.15, 0.2) is 36.4 Å². The van der Waals surface area contributed by atoms with Gasteiger partial charge in [-0.3, -0.25) is 4.98 Å². The number of hydrogen-bond donors (Lipinski definition) is 0. The molecule has 2 heteroatoms. The van der Waals surface area contributed by atoms with Crippen molar-refractivity contribution in [2.75, 3.05) is 13.7 Å². The van der Waals surface area contributed by atoms with Gasteiger partial charge in [-0.05, 0) is 85.6 Å². The highest BCUT2D eigenvalue weighted by atomic mass is 16.5. The maximum absolute atomic E-state index is 5.59. The van der Waals surface area contributed by atoms with Gasteiger partial charge in [-0.25, -0.2) is 0 Å². The largest absolute Gasteiger partial charge is 0.384 e. The number of hydrogen-bond acceptors (Lipinski definition) is 2. The molecular formula is C28H39NO. The van der Waals surface area contributed by atoms with Crippen LogP contribution < -0.4 is 0 Å². The van der Waals surface area contributed by atoms with Crippen molar-refractivity contribution in [1.82, 2.24) is 4.98 Å². The van der Waals surface area contributed by atoms with Crippen LogP contribution in [0.25, 0.3) is 11.3 Å². The van der Waals surface area contributed by atoms with Crippen LogP contribution in [0.5, 0.6) is 0 Å². The van der Waals surface area contributed by atoms with Gasteiger partial charge in [0.15, 0.2) is 0 Å².